The number of nitrogens with one attached hydrogen (secondary N) is 1. The van der Waals surface area contributed by atoms with E-state index in [1.54, 1.807) is 14.2 Å². The second-order valence-electron chi connectivity index (χ2n) is 6.30. The molecule has 4 heteroatoms. The number of methoxy groups -OCH3 is 2. The van der Waals surface area contributed by atoms with Crippen LogP contribution in [0.25, 0.3) is 0 Å². The third-order valence-corrected chi connectivity index (χ3v) is 5.30. The topological polar surface area (TPSA) is 39.7 Å². The van der Waals surface area contributed by atoms with Crippen LogP contribution in [-0.2, 0) is 4.74 Å². The van der Waals surface area contributed by atoms with Gasteiger partial charge in [-0.1, -0.05) is 0 Å². The second kappa shape index (κ2) is 5.18. The molecule has 4 nitrogen and oxygen atoms in total. The van der Waals surface area contributed by atoms with Crippen molar-refractivity contribution in [3.63, 3.8) is 0 Å². The van der Waals surface area contributed by atoms with Crippen LogP contribution >= 0.6 is 0 Å². The van der Waals surface area contributed by atoms with Gasteiger partial charge in [0.1, 0.15) is 11.5 Å². The molecule has 0 amide bonds. The Labute approximate surface area is 125 Å². The lowest BCUT2D eigenvalue weighted by atomic mass is 9.87. The first-order chi connectivity index (χ1) is 10.3. The molecule has 114 valence electrons. The van der Waals surface area contributed by atoms with Gasteiger partial charge in [0.25, 0.3) is 0 Å². The molecule has 0 spiro atoms. The van der Waals surface area contributed by atoms with Crippen LogP contribution in [0.5, 0.6) is 11.5 Å². The lowest BCUT2D eigenvalue weighted by molar-refractivity contribution is 0.0260. The van der Waals surface area contributed by atoms with Gasteiger partial charge in [-0.2, -0.15) is 0 Å². The minimum Gasteiger partial charge on any atom is -0.496 e. The predicted octanol–water partition coefficient (Wildman–Crippen LogP) is 2.73. The molecule has 2 aliphatic carbocycles. The van der Waals surface area contributed by atoms with Crippen LogP contribution in [0.2, 0.25) is 0 Å². The fourth-order valence-electron chi connectivity index (χ4n) is 4.43. The first-order valence-electron chi connectivity index (χ1n) is 7.94. The van der Waals surface area contributed by atoms with Crippen molar-refractivity contribution in [2.45, 2.75) is 37.2 Å². The molecule has 21 heavy (non-hydrogen) atoms. The standard InChI is InChI=1S/C17H23NO3/c1-19-13-8-12(14-9-18-5-6-21-14)17(20-2)16-11-4-3-10(7-11)15(13)16/h8,10-11,14,18H,3-7,9H2,1-2H3. The van der Waals surface area contributed by atoms with E-state index in [1.165, 1.54) is 30.4 Å². The summed E-state index contributed by atoms with van der Waals surface area (Å²) in [4.78, 5) is 0. The molecule has 2 fully saturated rings. The van der Waals surface area contributed by atoms with Gasteiger partial charge in [-0.15, -0.1) is 0 Å². The summed E-state index contributed by atoms with van der Waals surface area (Å²) >= 11 is 0. The van der Waals surface area contributed by atoms with Gasteiger partial charge >= 0.3 is 0 Å². The van der Waals surface area contributed by atoms with E-state index < -0.39 is 0 Å². The maximum absolute atomic E-state index is 5.95. The van der Waals surface area contributed by atoms with Gasteiger partial charge in [0, 0.05) is 29.8 Å². The average molecular weight is 289 g/mol. The summed E-state index contributed by atoms with van der Waals surface area (Å²) in [7, 11) is 3.56. The second-order valence-corrected chi connectivity index (χ2v) is 6.30. The van der Waals surface area contributed by atoms with Crippen molar-refractivity contribution < 1.29 is 14.2 Å². The molecule has 1 N–H and O–H groups in total. The summed E-state index contributed by atoms with van der Waals surface area (Å²) < 4.78 is 17.5. The number of benzene rings is 1. The molecule has 3 unspecified atom stereocenters. The molecule has 2 bridgehead atoms. The fourth-order valence-corrected chi connectivity index (χ4v) is 4.43. The average Bonchev–Trinajstić information content (AvgIpc) is 3.16. The van der Waals surface area contributed by atoms with Gasteiger partial charge in [-0.3, -0.25) is 0 Å². The predicted molar refractivity (Wildman–Crippen MR) is 80.4 cm³/mol. The van der Waals surface area contributed by atoms with E-state index in [9.17, 15) is 0 Å². The highest BCUT2D eigenvalue weighted by Crippen LogP contribution is 2.60. The van der Waals surface area contributed by atoms with E-state index >= 15 is 0 Å². The van der Waals surface area contributed by atoms with Gasteiger partial charge in [0.15, 0.2) is 0 Å². The third kappa shape index (κ3) is 1.96. The van der Waals surface area contributed by atoms with Crippen LogP contribution in [0, 0.1) is 0 Å². The Morgan fingerprint density at radius 1 is 1.14 bits per heavy atom. The van der Waals surface area contributed by atoms with E-state index in [0.717, 1.165) is 36.8 Å². The molecule has 1 aliphatic heterocycles. The van der Waals surface area contributed by atoms with Crippen LogP contribution in [0.1, 0.15) is 53.9 Å². The first-order valence-corrected chi connectivity index (χ1v) is 7.94. The number of morpholine rings is 1. The summed E-state index contributed by atoms with van der Waals surface area (Å²) in [5, 5.41) is 3.40. The molecule has 1 heterocycles. The zero-order chi connectivity index (χ0) is 14.4. The van der Waals surface area contributed by atoms with Crippen LogP contribution in [-0.4, -0.2) is 33.9 Å². The molecule has 4 rings (SSSR count). The highest BCUT2D eigenvalue weighted by atomic mass is 16.5. The maximum Gasteiger partial charge on any atom is 0.128 e. The van der Waals surface area contributed by atoms with E-state index in [2.05, 4.69) is 11.4 Å². The van der Waals surface area contributed by atoms with Crippen molar-refractivity contribution in [3.05, 3.63) is 22.8 Å². The van der Waals surface area contributed by atoms with Crippen molar-refractivity contribution in [2.75, 3.05) is 33.9 Å². The van der Waals surface area contributed by atoms with Crippen LogP contribution < -0.4 is 14.8 Å². The van der Waals surface area contributed by atoms with Crippen LogP contribution in [0.15, 0.2) is 6.07 Å². The van der Waals surface area contributed by atoms with Crippen LogP contribution in [0.4, 0.5) is 0 Å². The summed E-state index contributed by atoms with van der Waals surface area (Å²) in [6.07, 6.45) is 3.89. The summed E-state index contributed by atoms with van der Waals surface area (Å²) in [6, 6.07) is 2.15. The van der Waals surface area contributed by atoms with E-state index in [4.69, 9.17) is 14.2 Å². The Bertz CT molecular complexity index is 551. The Morgan fingerprint density at radius 3 is 2.62 bits per heavy atom. The van der Waals surface area contributed by atoms with Crippen molar-refractivity contribution in [3.8, 4) is 11.5 Å². The molecule has 1 saturated carbocycles. The number of fused-ring (bicyclic) bond motifs is 5. The molecule has 0 aromatic heterocycles. The van der Waals surface area contributed by atoms with Gasteiger partial charge in [0.2, 0.25) is 0 Å². The van der Waals surface area contributed by atoms with E-state index in [0.29, 0.717) is 11.8 Å². The lowest BCUT2D eigenvalue weighted by Crippen LogP contribution is -2.33. The molecular weight excluding hydrogens is 266 g/mol. The maximum atomic E-state index is 5.95. The Balaban J connectivity index is 1.86. The summed E-state index contributed by atoms with van der Waals surface area (Å²) in [5.41, 5.74) is 3.95. The van der Waals surface area contributed by atoms with Gasteiger partial charge in [0.05, 0.1) is 26.9 Å². The van der Waals surface area contributed by atoms with Gasteiger partial charge in [-0.25, -0.2) is 0 Å². The zero-order valence-electron chi connectivity index (χ0n) is 12.8. The third-order valence-electron chi connectivity index (χ3n) is 5.30. The number of hydrogen-bond donors (Lipinski definition) is 1. The number of hydrogen-bond acceptors (Lipinski definition) is 4. The molecule has 1 aromatic carbocycles. The molecule has 3 atom stereocenters. The highest BCUT2D eigenvalue weighted by molar-refractivity contribution is 5.61. The molecule has 1 saturated heterocycles. The van der Waals surface area contributed by atoms with Crippen LogP contribution in [0.3, 0.4) is 0 Å². The Hall–Kier alpha value is -1.26. The number of rotatable bonds is 3. The van der Waals surface area contributed by atoms with Crippen molar-refractivity contribution >= 4 is 0 Å². The molecule has 3 aliphatic rings. The van der Waals surface area contributed by atoms with Crippen molar-refractivity contribution in [2.24, 2.45) is 0 Å². The van der Waals surface area contributed by atoms with Gasteiger partial charge in [-0.05, 0) is 37.2 Å². The Morgan fingerprint density at radius 2 is 1.95 bits per heavy atom. The van der Waals surface area contributed by atoms with E-state index in [-0.39, 0.29) is 6.10 Å². The zero-order valence-corrected chi connectivity index (χ0v) is 12.8. The Kier molecular flexibility index (Phi) is 3.31. The molecule has 0 radical (unpaired) electrons. The quantitative estimate of drug-likeness (QED) is 0.929. The fraction of sp³-hybridized carbons (Fsp3) is 0.647. The minimum absolute atomic E-state index is 0.0621. The van der Waals surface area contributed by atoms with Gasteiger partial charge < -0.3 is 19.5 Å². The van der Waals surface area contributed by atoms with Crippen molar-refractivity contribution in [1.82, 2.24) is 5.32 Å². The number of ether oxygens (including phenoxy) is 3. The monoisotopic (exact) mass is 289 g/mol. The molecule has 1 aromatic rings. The summed E-state index contributed by atoms with van der Waals surface area (Å²) in [5.74, 6) is 3.38. The molecular formula is C17H23NO3. The minimum atomic E-state index is 0.0621. The lowest BCUT2D eigenvalue weighted by Gasteiger charge is -2.29. The largest absolute Gasteiger partial charge is 0.496 e. The van der Waals surface area contributed by atoms with E-state index in [1.807, 2.05) is 0 Å². The first kappa shape index (κ1) is 13.4. The summed E-state index contributed by atoms with van der Waals surface area (Å²) in [6.45, 7) is 2.51. The van der Waals surface area contributed by atoms with Crippen molar-refractivity contribution in [1.29, 1.82) is 0 Å². The normalized spacial score (nSPS) is 30.3. The highest BCUT2D eigenvalue weighted by Gasteiger charge is 2.42. The smallest absolute Gasteiger partial charge is 0.128 e. The SMILES string of the molecule is COc1cc(C2CNCCO2)c(OC)c2c1C1CCC2C1.